The molecule has 2 rings (SSSR count). The van der Waals surface area contributed by atoms with Crippen LogP contribution in [0.5, 0.6) is 28.7 Å². The van der Waals surface area contributed by atoms with Gasteiger partial charge in [-0.2, -0.15) is 0 Å². The molecule has 0 aliphatic heterocycles. The van der Waals surface area contributed by atoms with E-state index in [-0.39, 0.29) is 12.2 Å². The zero-order valence-corrected chi connectivity index (χ0v) is 17.3. The van der Waals surface area contributed by atoms with Crippen molar-refractivity contribution in [3.63, 3.8) is 0 Å². The van der Waals surface area contributed by atoms with E-state index in [9.17, 15) is 14.7 Å². The summed E-state index contributed by atoms with van der Waals surface area (Å²) in [4.78, 5) is 22.5. The fourth-order valence-electron chi connectivity index (χ4n) is 2.74. The van der Waals surface area contributed by atoms with Crippen LogP contribution in [-0.4, -0.2) is 40.4 Å². The van der Waals surface area contributed by atoms with Crippen molar-refractivity contribution in [2.45, 2.75) is 12.8 Å². The van der Waals surface area contributed by atoms with Crippen molar-refractivity contribution in [1.29, 1.82) is 0 Å². The third-order valence-corrected chi connectivity index (χ3v) is 4.28. The zero-order valence-electron chi connectivity index (χ0n) is 17.3. The second-order valence-corrected chi connectivity index (χ2v) is 6.10. The molecule has 0 aliphatic rings. The summed E-state index contributed by atoms with van der Waals surface area (Å²) in [7, 11) is 5.98. The number of carboxylic acids is 1. The van der Waals surface area contributed by atoms with Crippen molar-refractivity contribution < 1.29 is 38.4 Å². The fraction of sp³-hybridized carbons (Fsp3) is 0.273. The first-order valence-corrected chi connectivity index (χ1v) is 8.92. The third-order valence-electron chi connectivity index (χ3n) is 4.28. The Hall–Kier alpha value is -3.68. The van der Waals surface area contributed by atoms with E-state index >= 15 is 0 Å². The number of esters is 1. The summed E-state index contributed by atoms with van der Waals surface area (Å²) in [5.74, 6) is -0.193. The second-order valence-electron chi connectivity index (χ2n) is 6.10. The Morgan fingerprint density at radius 2 is 1.37 bits per heavy atom. The van der Waals surface area contributed by atoms with Gasteiger partial charge >= 0.3 is 5.97 Å². The lowest BCUT2D eigenvalue weighted by Crippen LogP contribution is -2.23. The number of hydrogen-bond acceptors (Lipinski definition) is 8. The lowest BCUT2D eigenvalue weighted by atomic mass is 9.98. The average Bonchev–Trinajstić information content (AvgIpc) is 2.75. The highest BCUT2D eigenvalue weighted by atomic mass is 16.6. The van der Waals surface area contributed by atoms with Crippen LogP contribution in [0.2, 0.25) is 0 Å². The van der Waals surface area contributed by atoms with Gasteiger partial charge in [0.15, 0.2) is 23.0 Å². The SMILES string of the molecule is C=C(c1ccc(OC)c(OC(=O)CCC(=O)[O-])c1)c1cc(OC)c(OC)c(OC)c1. The Balaban J connectivity index is 2.38. The molecular formula is C22H23O8-. The van der Waals surface area contributed by atoms with E-state index in [1.165, 1.54) is 28.4 Å². The number of methoxy groups -OCH3 is 4. The molecule has 0 saturated carbocycles. The number of carbonyl (C=O) groups excluding carboxylic acids is 2. The first-order valence-electron chi connectivity index (χ1n) is 8.92. The number of hydrogen-bond donors (Lipinski definition) is 0. The van der Waals surface area contributed by atoms with Crippen LogP contribution in [0.4, 0.5) is 0 Å². The molecule has 0 aromatic heterocycles. The van der Waals surface area contributed by atoms with Crippen molar-refractivity contribution >= 4 is 17.5 Å². The topological polar surface area (TPSA) is 103 Å². The molecular weight excluding hydrogens is 392 g/mol. The molecule has 0 heterocycles. The fourth-order valence-corrected chi connectivity index (χ4v) is 2.74. The molecule has 160 valence electrons. The highest BCUT2D eigenvalue weighted by Gasteiger charge is 2.17. The van der Waals surface area contributed by atoms with Crippen molar-refractivity contribution in [1.82, 2.24) is 0 Å². The van der Waals surface area contributed by atoms with Gasteiger partial charge in [-0.05, 0) is 47.4 Å². The Bertz CT molecular complexity index is 923. The molecule has 0 spiro atoms. The van der Waals surface area contributed by atoms with Gasteiger partial charge in [0.25, 0.3) is 0 Å². The van der Waals surface area contributed by atoms with Gasteiger partial charge in [-0.1, -0.05) is 12.6 Å². The monoisotopic (exact) mass is 415 g/mol. The van der Waals surface area contributed by atoms with E-state index in [1.54, 1.807) is 30.3 Å². The lowest BCUT2D eigenvalue weighted by Gasteiger charge is -2.16. The molecule has 8 nitrogen and oxygen atoms in total. The third kappa shape index (κ3) is 5.22. The number of ether oxygens (including phenoxy) is 5. The van der Waals surface area contributed by atoms with E-state index in [1.807, 2.05) is 0 Å². The first kappa shape index (κ1) is 22.6. The summed E-state index contributed by atoms with van der Waals surface area (Å²) in [6, 6.07) is 8.46. The summed E-state index contributed by atoms with van der Waals surface area (Å²) >= 11 is 0. The molecule has 0 N–H and O–H groups in total. The number of aliphatic carboxylic acids is 1. The molecule has 0 fully saturated rings. The van der Waals surface area contributed by atoms with Crippen LogP contribution in [0.3, 0.4) is 0 Å². The molecule has 2 aromatic rings. The van der Waals surface area contributed by atoms with Gasteiger partial charge in [0.1, 0.15) is 0 Å². The summed E-state index contributed by atoms with van der Waals surface area (Å²) in [5.41, 5.74) is 1.95. The smallest absolute Gasteiger partial charge is 0.311 e. The number of rotatable bonds is 10. The largest absolute Gasteiger partial charge is 0.550 e. The highest BCUT2D eigenvalue weighted by molar-refractivity contribution is 5.83. The van der Waals surface area contributed by atoms with Crippen molar-refractivity contribution in [3.8, 4) is 28.7 Å². The standard InChI is InChI=1S/C22H24O8/c1-13(15-11-18(27-3)22(29-5)19(12-15)28-4)14-6-7-16(26-2)17(10-14)30-21(25)9-8-20(23)24/h6-7,10-12H,1,8-9H2,2-5H3,(H,23,24)/p-1. The molecule has 30 heavy (non-hydrogen) atoms. The molecule has 0 amide bonds. The van der Waals surface area contributed by atoms with E-state index < -0.39 is 18.4 Å². The lowest BCUT2D eigenvalue weighted by molar-refractivity contribution is -0.305. The van der Waals surface area contributed by atoms with Gasteiger partial charge in [0.05, 0.1) is 34.9 Å². The van der Waals surface area contributed by atoms with Gasteiger partial charge in [-0.25, -0.2) is 0 Å². The second kappa shape index (κ2) is 10.2. The molecule has 2 aromatic carbocycles. The maximum atomic E-state index is 11.9. The van der Waals surface area contributed by atoms with Gasteiger partial charge in [-0.15, -0.1) is 0 Å². The van der Waals surface area contributed by atoms with Crippen LogP contribution >= 0.6 is 0 Å². The normalized spacial score (nSPS) is 10.1. The first-order chi connectivity index (χ1) is 14.3. The minimum absolute atomic E-state index is 0.145. The zero-order chi connectivity index (χ0) is 22.3. The van der Waals surface area contributed by atoms with Gasteiger partial charge in [-0.3, -0.25) is 4.79 Å². The molecule has 0 unspecified atom stereocenters. The van der Waals surface area contributed by atoms with Gasteiger partial charge in [0, 0.05) is 5.97 Å². The maximum absolute atomic E-state index is 11.9. The minimum atomic E-state index is -1.33. The number of carbonyl (C=O) groups is 2. The predicted molar refractivity (Wildman–Crippen MR) is 107 cm³/mol. The summed E-state index contributed by atoms with van der Waals surface area (Å²) in [6.45, 7) is 4.12. The Morgan fingerprint density at radius 3 is 1.87 bits per heavy atom. The minimum Gasteiger partial charge on any atom is -0.550 e. The van der Waals surface area contributed by atoms with Crippen LogP contribution in [0, 0.1) is 0 Å². The van der Waals surface area contributed by atoms with E-state index in [2.05, 4.69) is 6.58 Å². The summed E-state index contributed by atoms with van der Waals surface area (Å²) in [6.07, 6.45) is -0.747. The quantitative estimate of drug-likeness (QED) is 0.430. The molecule has 8 heteroatoms. The summed E-state index contributed by atoms with van der Waals surface area (Å²) < 4.78 is 26.6. The molecule has 0 bridgehead atoms. The number of carboxylic acid groups (broad SMARTS) is 1. The summed E-state index contributed by atoms with van der Waals surface area (Å²) in [5, 5.41) is 10.5. The Morgan fingerprint density at radius 1 is 0.800 bits per heavy atom. The average molecular weight is 415 g/mol. The van der Waals surface area contributed by atoms with Gasteiger partial charge in [0.2, 0.25) is 5.75 Å². The van der Waals surface area contributed by atoms with Gasteiger partial charge < -0.3 is 33.6 Å². The molecule has 0 saturated heterocycles. The Kier molecular flexibility index (Phi) is 7.69. The van der Waals surface area contributed by atoms with Crippen molar-refractivity contribution in [3.05, 3.63) is 48.0 Å². The predicted octanol–water partition coefficient (Wildman–Crippen LogP) is 2.22. The van der Waals surface area contributed by atoms with Crippen LogP contribution in [-0.2, 0) is 9.59 Å². The molecule has 0 radical (unpaired) electrons. The highest BCUT2D eigenvalue weighted by Crippen LogP contribution is 2.41. The van der Waals surface area contributed by atoms with E-state index in [0.29, 0.717) is 39.7 Å². The number of benzene rings is 2. The van der Waals surface area contributed by atoms with Crippen molar-refractivity contribution in [2.24, 2.45) is 0 Å². The van der Waals surface area contributed by atoms with Crippen LogP contribution < -0.4 is 28.8 Å². The van der Waals surface area contributed by atoms with Crippen LogP contribution in [0.15, 0.2) is 36.9 Å². The Labute approximate surface area is 174 Å². The maximum Gasteiger partial charge on any atom is 0.311 e. The molecule has 0 atom stereocenters. The van der Waals surface area contributed by atoms with E-state index in [0.717, 1.165) is 0 Å². The molecule has 0 aliphatic carbocycles. The van der Waals surface area contributed by atoms with Crippen LogP contribution in [0.1, 0.15) is 24.0 Å². The van der Waals surface area contributed by atoms with E-state index in [4.69, 9.17) is 23.7 Å². The van der Waals surface area contributed by atoms with Crippen LogP contribution in [0.25, 0.3) is 5.57 Å². The van der Waals surface area contributed by atoms with Crippen molar-refractivity contribution in [2.75, 3.05) is 28.4 Å².